The highest BCUT2D eigenvalue weighted by Gasteiger charge is 2.42. The summed E-state index contributed by atoms with van der Waals surface area (Å²) in [6.07, 6.45) is -5.08. The Morgan fingerprint density at radius 3 is 2.30 bits per heavy atom. The van der Waals surface area contributed by atoms with Crippen LogP contribution in [0.2, 0.25) is 0 Å². The van der Waals surface area contributed by atoms with Crippen molar-refractivity contribution in [1.82, 2.24) is 4.98 Å². The molecule has 0 aliphatic carbocycles. The Morgan fingerprint density at radius 1 is 1.07 bits per heavy atom. The van der Waals surface area contributed by atoms with Gasteiger partial charge >= 0.3 is 12.1 Å². The minimum Gasteiger partial charge on any atom is -0.454 e. The van der Waals surface area contributed by atoms with E-state index in [4.69, 9.17) is 4.74 Å². The molecule has 204 valence electrons. The average Bonchev–Trinajstić information content (AvgIpc) is 3.19. The second-order valence-corrected chi connectivity index (χ2v) is 10.1. The number of alkyl halides is 3. The summed E-state index contributed by atoms with van der Waals surface area (Å²) in [7, 11) is 0. The number of imide groups is 1. The minimum atomic E-state index is -4.76. The quantitative estimate of drug-likeness (QED) is 0.221. The zero-order valence-corrected chi connectivity index (χ0v) is 21.9. The number of esters is 1. The maximum atomic E-state index is 13.3. The summed E-state index contributed by atoms with van der Waals surface area (Å²) in [6, 6.07) is 14.7. The molecule has 4 rings (SSSR count). The SMILES string of the molecule is Cc1ccc(C(=O)COC(=O)c2ccc(N3C(=O)CC(Sc4nc(C(F)(F)F)cc(C)c4C#N)C3=O)cc2)cc1. The zero-order chi connectivity index (χ0) is 29.2. The lowest BCUT2D eigenvalue weighted by atomic mass is 10.1. The molecule has 1 unspecified atom stereocenters. The third kappa shape index (κ3) is 6.05. The number of hydrogen-bond donors (Lipinski definition) is 0. The molecule has 1 atom stereocenters. The number of anilines is 1. The molecule has 2 aromatic carbocycles. The lowest BCUT2D eigenvalue weighted by Crippen LogP contribution is -2.31. The molecule has 0 radical (unpaired) electrons. The predicted octanol–water partition coefficient (Wildman–Crippen LogP) is 5.05. The molecule has 0 saturated carbocycles. The van der Waals surface area contributed by atoms with E-state index in [0.29, 0.717) is 17.3 Å². The molecule has 2 amide bonds. The number of rotatable bonds is 7. The van der Waals surface area contributed by atoms with E-state index in [1.54, 1.807) is 30.3 Å². The van der Waals surface area contributed by atoms with Crippen LogP contribution in [0.5, 0.6) is 0 Å². The maximum absolute atomic E-state index is 13.3. The number of nitrogens with zero attached hydrogens (tertiary/aromatic N) is 3. The summed E-state index contributed by atoms with van der Waals surface area (Å²) in [5.74, 6) is -2.47. The van der Waals surface area contributed by atoms with Gasteiger partial charge < -0.3 is 4.74 Å². The summed E-state index contributed by atoms with van der Waals surface area (Å²) in [4.78, 5) is 54.8. The molecule has 40 heavy (non-hydrogen) atoms. The molecule has 8 nitrogen and oxygen atoms in total. The number of nitriles is 1. The number of thioether (sulfide) groups is 1. The van der Waals surface area contributed by atoms with Crippen molar-refractivity contribution >= 4 is 41.0 Å². The molecule has 2 heterocycles. The van der Waals surface area contributed by atoms with Gasteiger partial charge in [0.05, 0.1) is 22.1 Å². The van der Waals surface area contributed by atoms with Crippen molar-refractivity contribution in [2.45, 2.75) is 36.7 Å². The number of ether oxygens (including phenoxy) is 1. The molecule has 3 aromatic rings. The van der Waals surface area contributed by atoms with E-state index in [0.717, 1.165) is 16.5 Å². The van der Waals surface area contributed by atoms with E-state index in [-0.39, 0.29) is 39.6 Å². The van der Waals surface area contributed by atoms with Crippen LogP contribution >= 0.6 is 11.8 Å². The molecular formula is C28H20F3N3O5S. The maximum Gasteiger partial charge on any atom is 0.433 e. The summed E-state index contributed by atoms with van der Waals surface area (Å²) in [5, 5.41) is 8.02. The highest BCUT2D eigenvalue weighted by Crippen LogP contribution is 2.38. The number of Topliss-reactive ketones (excluding diaryl/α,β-unsaturated/α-hetero) is 1. The lowest BCUT2D eigenvalue weighted by Gasteiger charge is -2.16. The molecule has 0 bridgehead atoms. The smallest absolute Gasteiger partial charge is 0.433 e. The van der Waals surface area contributed by atoms with Crippen LogP contribution in [-0.4, -0.2) is 40.4 Å². The first-order valence-corrected chi connectivity index (χ1v) is 12.7. The first-order chi connectivity index (χ1) is 18.9. The zero-order valence-electron chi connectivity index (χ0n) is 21.1. The number of carbonyl (C=O) groups excluding carboxylic acids is 4. The number of amides is 2. The standard InChI is InChI=1S/C28H20F3N3O5S/c1-15-3-5-17(6-4-15)21(35)14-39-27(38)18-7-9-19(10-8-18)34-24(36)12-22(26(34)37)40-25-20(13-32)16(2)11-23(33-25)28(29,30)31/h3-11,22H,12,14H2,1-2H3. The number of carbonyl (C=O) groups is 4. The summed E-state index contributed by atoms with van der Waals surface area (Å²) in [5.41, 5.74) is 0.312. The molecule has 0 N–H and O–H groups in total. The summed E-state index contributed by atoms with van der Waals surface area (Å²) < 4.78 is 44.8. The summed E-state index contributed by atoms with van der Waals surface area (Å²) >= 11 is 0.622. The Balaban J connectivity index is 1.45. The lowest BCUT2D eigenvalue weighted by molar-refractivity contribution is -0.141. The van der Waals surface area contributed by atoms with Gasteiger partial charge in [-0.15, -0.1) is 0 Å². The third-order valence-corrected chi connectivity index (χ3v) is 7.19. The molecule has 1 aromatic heterocycles. The highest BCUT2D eigenvalue weighted by atomic mass is 32.2. The van der Waals surface area contributed by atoms with E-state index in [9.17, 15) is 37.6 Å². The second-order valence-electron chi connectivity index (χ2n) is 8.90. The largest absolute Gasteiger partial charge is 0.454 e. The fourth-order valence-electron chi connectivity index (χ4n) is 3.90. The van der Waals surface area contributed by atoms with Crippen LogP contribution in [0.1, 0.15) is 49.5 Å². The van der Waals surface area contributed by atoms with Crippen LogP contribution in [0.25, 0.3) is 0 Å². The molecular weight excluding hydrogens is 547 g/mol. The Hall–Kier alpha value is -4.50. The molecule has 1 fully saturated rings. The Bertz CT molecular complexity index is 1550. The molecule has 0 spiro atoms. The number of aromatic nitrogens is 1. The second kappa shape index (κ2) is 11.3. The molecule has 1 saturated heterocycles. The van der Waals surface area contributed by atoms with Gasteiger partial charge in [0, 0.05) is 12.0 Å². The highest BCUT2D eigenvalue weighted by molar-refractivity contribution is 8.00. The predicted molar refractivity (Wildman–Crippen MR) is 138 cm³/mol. The van der Waals surface area contributed by atoms with Gasteiger partial charge in [-0.2, -0.15) is 18.4 Å². The molecule has 12 heteroatoms. The van der Waals surface area contributed by atoms with Gasteiger partial charge in [-0.1, -0.05) is 41.6 Å². The van der Waals surface area contributed by atoms with Crippen LogP contribution in [0.3, 0.4) is 0 Å². The number of benzene rings is 2. The van der Waals surface area contributed by atoms with Crippen LogP contribution in [-0.2, 0) is 20.5 Å². The van der Waals surface area contributed by atoms with E-state index in [2.05, 4.69) is 4.98 Å². The number of halogens is 3. The van der Waals surface area contributed by atoms with Gasteiger partial charge in [0.2, 0.25) is 11.8 Å². The van der Waals surface area contributed by atoms with E-state index in [1.807, 2.05) is 6.92 Å². The fourth-order valence-corrected chi connectivity index (χ4v) is 5.07. The van der Waals surface area contributed by atoms with Crippen molar-refractivity contribution < 1.29 is 37.1 Å². The molecule has 1 aliphatic rings. The van der Waals surface area contributed by atoms with Crippen LogP contribution in [0.15, 0.2) is 59.6 Å². The fraction of sp³-hybridized carbons (Fsp3) is 0.214. The van der Waals surface area contributed by atoms with E-state index >= 15 is 0 Å². The Kier molecular flexibility index (Phi) is 8.06. The Morgan fingerprint density at radius 2 is 1.70 bits per heavy atom. The van der Waals surface area contributed by atoms with Crippen molar-refractivity contribution in [1.29, 1.82) is 5.26 Å². The van der Waals surface area contributed by atoms with Crippen molar-refractivity contribution in [2.24, 2.45) is 0 Å². The normalized spacial score (nSPS) is 15.2. The van der Waals surface area contributed by atoms with Gasteiger partial charge in [0.15, 0.2) is 12.4 Å². The van der Waals surface area contributed by atoms with Gasteiger partial charge in [0.25, 0.3) is 0 Å². The van der Waals surface area contributed by atoms with Crippen LogP contribution < -0.4 is 4.90 Å². The number of ketones is 1. The van der Waals surface area contributed by atoms with Crippen molar-refractivity contribution in [3.63, 3.8) is 0 Å². The average molecular weight is 568 g/mol. The van der Waals surface area contributed by atoms with Gasteiger partial charge in [-0.05, 0) is 49.7 Å². The monoisotopic (exact) mass is 567 g/mol. The van der Waals surface area contributed by atoms with Crippen LogP contribution in [0.4, 0.5) is 18.9 Å². The van der Waals surface area contributed by atoms with E-state index in [1.165, 1.54) is 31.2 Å². The number of hydrogen-bond acceptors (Lipinski definition) is 8. The van der Waals surface area contributed by atoms with Gasteiger partial charge in [-0.3, -0.25) is 14.4 Å². The van der Waals surface area contributed by atoms with Gasteiger partial charge in [0.1, 0.15) is 16.8 Å². The summed E-state index contributed by atoms with van der Waals surface area (Å²) in [6.45, 7) is 2.73. The first-order valence-electron chi connectivity index (χ1n) is 11.8. The van der Waals surface area contributed by atoms with Crippen molar-refractivity contribution in [3.05, 3.63) is 88.1 Å². The van der Waals surface area contributed by atoms with Crippen molar-refractivity contribution in [3.8, 4) is 6.07 Å². The number of aryl methyl sites for hydroxylation is 2. The van der Waals surface area contributed by atoms with E-state index < -0.39 is 41.5 Å². The van der Waals surface area contributed by atoms with Gasteiger partial charge in [-0.25, -0.2) is 14.7 Å². The third-order valence-electron chi connectivity index (χ3n) is 6.01. The minimum absolute atomic E-state index is 0.0454. The molecule has 1 aliphatic heterocycles. The topological polar surface area (TPSA) is 117 Å². The van der Waals surface area contributed by atoms with Crippen molar-refractivity contribution in [2.75, 3.05) is 11.5 Å². The van der Waals surface area contributed by atoms with Crippen LogP contribution in [0, 0.1) is 25.2 Å². The Labute approximate surface area is 230 Å². The number of pyridine rings is 1. The first kappa shape index (κ1) is 28.5.